The standard InChI is InChI=1S/C8H12IN3.ClH/c9-8-4-11-12(6-8)5-7-1-2-10-3-7;/h4,6-7,10H,1-3,5H2;1H/t7-;/m1./s1. The molecule has 2 heterocycles. The van der Waals surface area contributed by atoms with Gasteiger partial charge in [0.25, 0.3) is 0 Å². The minimum Gasteiger partial charge on any atom is -0.316 e. The van der Waals surface area contributed by atoms with E-state index in [2.05, 4.69) is 39.2 Å². The van der Waals surface area contributed by atoms with Gasteiger partial charge in [-0.15, -0.1) is 12.4 Å². The van der Waals surface area contributed by atoms with Crippen LogP contribution in [0.5, 0.6) is 0 Å². The molecule has 1 N–H and O–H groups in total. The lowest BCUT2D eigenvalue weighted by Crippen LogP contribution is -2.14. The fourth-order valence-electron chi connectivity index (χ4n) is 1.57. The Morgan fingerprint density at radius 2 is 2.54 bits per heavy atom. The lowest BCUT2D eigenvalue weighted by atomic mass is 10.1. The monoisotopic (exact) mass is 313 g/mol. The van der Waals surface area contributed by atoms with Gasteiger partial charge in [0.2, 0.25) is 0 Å². The minimum atomic E-state index is 0. The third kappa shape index (κ3) is 3.11. The van der Waals surface area contributed by atoms with Crippen molar-refractivity contribution < 1.29 is 0 Å². The maximum absolute atomic E-state index is 4.26. The summed E-state index contributed by atoms with van der Waals surface area (Å²) in [6.07, 6.45) is 5.29. The summed E-state index contributed by atoms with van der Waals surface area (Å²) < 4.78 is 3.26. The first-order chi connectivity index (χ1) is 5.84. The van der Waals surface area contributed by atoms with Gasteiger partial charge in [0.1, 0.15) is 0 Å². The van der Waals surface area contributed by atoms with E-state index in [0.29, 0.717) is 0 Å². The largest absolute Gasteiger partial charge is 0.316 e. The topological polar surface area (TPSA) is 29.9 Å². The fourth-order valence-corrected chi connectivity index (χ4v) is 2.02. The summed E-state index contributed by atoms with van der Waals surface area (Å²) in [7, 11) is 0. The van der Waals surface area contributed by atoms with Gasteiger partial charge >= 0.3 is 0 Å². The molecular formula is C8H13ClIN3. The second-order valence-electron chi connectivity index (χ2n) is 3.24. The molecule has 0 amide bonds. The van der Waals surface area contributed by atoms with Crippen molar-refractivity contribution in [2.45, 2.75) is 13.0 Å². The van der Waals surface area contributed by atoms with Crippen molar-refractivity contribution >= 4 is 35.0 Å². The predicted octanol–water partition coefficient (Wildman–Crippen LogP) is 1.52. The summed E-state index contributed by atoms with van der Waals surface area (Å²) in [5.74, 6) is 0.778. The van der Waals surface area contributed by atoms with Gasteiger partial charge in [-0.05, 0) is 48.0 Å². The Bertz CT molecular complexity index is 258. The zero-order valence-corrected chi connectivity index (χ0v) is 10.2. The summed E-state index contributed by atoms with van der Waals surface area (Å²) in [5.41, 5.74) is 0. The van der Waals surface area contributed by atoms with Crippen LogP contribution in [0.2, 0.25) is 0 Å². The van der Waals surface area contributed by atoms with Crippen LogP contribution in [0.1, 0.15) is 6.42 Å². The Morgan fingerprint density at radius 3 is 3.08 bits per heavy atom. The van der Waals surface area contributed by atoms with E-state index in [-0.39, 0.29) is 12.4 Å². The summed E-state index contributed by atoms with van der Waals surface area (Å²) in [6.45, 7) is 3.38. The molecule has 1 saturated heterocycles. The second-order valence-corrected chi connectivity index (χ2v) is 4.49. The molecule has 1 aromatic heterocycles. The molecule has 1 aliphatic rings. The molecule has 0 unspecified atom stereocenters. The van der Waals surface area contributed by atoms with Gasteiger partial charge in [-0.2, -0.15) is 5.10 Å². The Balaban J connectivity index is 0.000000845. The number of nitrogens with zero attached hydrogens (tertiary/aromatic N) is 2. The molecule has 1 atom stereocenters. The molecule has 1 aliphatic heterocycles. The molecule has 13 heavy (non-hydrogen) atoms. The van der Waals surface area contributed by atoms with E-state index < -0.39 is 0 Å². The Morgan fingerprint density at radius 1 is 1.69 bits per heavy atom. The average Bonchev–Trinajstić information content (AvgIpc) is 2.63. The van der Waals surface area contributed by atoms with Crippen LogP contribution < -0.4 is 5.32 Å². The van der Waals surface area contributed by atoms with Gasteiger partial charge in [0.05, 0.1) is 9.77 Å². The summed E-state index contributed by atoms with van der Waals surface area (Å²) in [4.78, 5) is 0. The molecule has 3 nitrogen and oxygen atoms in total. The van der Waals surface area contributed by atoms with Crippen molar-refractivity contribution in [3.8, 4) is 0 Å². The number of hydrogen-bond acceptors (Lipinski definition) is 2. The number of nitrogens with one attached hydrogen (secondary N) is 1. The van der Waals surface area contributed by atoms with Gasteiger partial charge in [-0.25, -0.2) is 0 Å². The van der Waals surface area contributed by atoms with Crippen molar-refractivity contribution in [2.75, 3.05) is 13.1 Å². The number of aromatic nitrogens is 2. The third-order valence-electron chi connectivity index (χ3n) is 2.21. The van der Waals surface area contributed by atoms with Crippen LogP contribution in [-0.2, 0) is 6.54 Å². The van der Waals surface area contributed by atoms with Crippen molar-refractivity contribution in [1.82, 2.24) is 15.1 Å². The quantitative estimate of drug-likeness (QED) is 0.839. The van der Waals surface area contributed by atoms with Crippen LogP contribution in [-0.4, -0.2) is 22.9 Å². The number of rotatable bonds is 2. The minimum absolute atomic E-state index is 0. The van der Waals surface area contributed by atoms with Crippen LogP contribution in [0.4, 0.5) is 0 Å². The van der Waals surface area contributed by atoms with E-state index in [9.17, 15) is 0 Å². The predicted molar refractivity (Wildman–Crippen MR) is 63.2 cm³/mol. The molecule has 0 radical (unpaired) electrons. The lowest BCUT2D eigenvalue weighted by molar-refractivity contribution is 0.449. The van der Waals surface area contributed by atoms with Crippen molar-refractivity contribution in [2.24, 2.45) is 5.92 Å². The van der Waals surface area contributed by atoms with Gasteiger partial charge in [0, 0.05) is 12.7 Å². The lowest BCUT2D eigenvalue weighted by Gasteiger charge is -2.06. The fraction of sp³-hybridized carbons (Fsp3) is 0.625. The highest BCUT2D eigenvalue weighted by atomic mass is 127. The summed E-state index contributed by atoms with van der Waals surface area (Å²) >= 11 is 2.29. The molecule has 0 spiro atoms. The zero-order chi connectivity index (χ0) is 8.39. The highest BCUT2D eigenvalue weighted by Gasteiger charge is 2.14. The molecule has 0 aromatic carbocycles. The molecule has 0 aliphatic carbocycles. The Labute approximate surface area is 97.8 Å². The van der Waals surface area contributed by atoms with Crippen LogP contribution >= 0.6 is 35.0 Å². The summed E-state index contributed by atoms with van der Waals surface area (Å²) in [5, 5.41) is 7.62. The van der Waals surface area contributed by atoms with Crippen LogP contribution in [0, 0.1) is 9.49 Å². The molecule has 0 bridgehead atoms. The van der Waals surface area contributed by atoms with E-state index in [1.807, 2.05) is 10.9 Å². The van der Waals surface area contributed by atoms with E-state index >= 15 is 0 Å². The molecule has 1 fully saturated rings. The first-order valence-corrected chi connectivity index (χ1v) is 5.31. The van der Waals surface area contributed by atoms with Gasteiger partial charge in [-0.3, -0.25) is 4.68 Å². The van der Waals surface area contributed by atoms with Crippen molar-refractivity contribution in [3.05, 3.63) is 16.0 Å². The molecule has 1 aromatic rings. The van der Waals surface area contributed by atoms with Crippen molar-refractivity contribution in [1.29, 1.82) is 0 Å². The van der Waals surface area contributed by atoms with E-state index in [1.54, 1.807) is 0 Å². The highest BCUT2D eigenvalue weighted by molar-refractivity contribution is 14.1. The molecule has 5 heteroatoms. The van der Waals surface area contributed by atoms with Crippen LogP contribution in [0.3, 0.4) is 0 Å². The number of halogens is 2. The van der Waals surface area contributed by atoms with Crippen LogP contribution in [0.15, 0.2) is 12.4 Å². The van der Waals surface area contributed by atoms with E-state index in [0.717, 1.165) is 19.0 Å². The zero-order valence-electron chi connectivity index (χ0n) is 7.24. The smallest absolute Gasteiger partial charge is 0.0623 e. The van der Waals surface area contributed by atoms with Gasteiger partial charge < -0.3 is 5.32 Å². The molecular weight excluding hydrogens is 300 g/mol. The SMILES string of the molecule is Cl.Ic1cnn(C[C@@H]2CCNC2)c1. The maximum Gasteiger partial charge on any atom is 0.0623 e. The van der Waals surface area contributed by atoms with Gasteiger partial charge in [-0.1, -0.05) is 0 Å². The number of hydrogen-bond donors (Lipinski definition) is 1. The molecule has 0 saturated carbocycles. The first-order valence-electron chi connectivity index (χ1n) is 4.23. The molecule has 2 rings (SSSR count). The average molecular weight is 314 g/mol. The maximum atomic E-state index is 4.26. The molecule has 74 valence electrons. The third-order valence-corrected chi connectivity index (χ3v) is 2.77. The summed E-state index contributed by atoms with van der Waals surface area (Å²) in [6, 6.07) is 0. The Kier molecular flexibility index (Phi) is 4.48. The second kappa shape index (κ2) is 5.17. The van der Waals surface area contributed by atoms with Crippen molar-refractivity contribution in [3.63, 3.8) is 0 Å². The first kappa shape index (κ1) is 11.3. The highest BCUT2D eigenvalue weighted by Crippen LogP contribution is 2.10. The van der Waals surface area contributed by atoms with Crippen LogP contribution in [0.25, 0.3) is 0 Å². The van der Waals surface area contributed by atoms with E-state index in [4.69, 9.17) is 0 Å². The van der Waals surface area contributed by atoms with Gasteiger partial charge in [0.15, 0.2) is 0 Å². The normalized spacial score (nSPS) is 21.5. The van der Waals surface area contributed by atoms with E-state index in [1.165, 1.54) is 16.5 Å². The Hall–Kier alpha value is 0.190.